The molecule has 0 saturated carbocycles. The summed E-state index contributed by atoms with van der Waals surface area (Å²) in [6, 6.07) is 17.4. The van der Waals surface area contributed by atoms with Crippen LogP contribution in [0.25, 0.3) is 0 Å². The molecule has 0 radical (unpaired) electrons. The Kier molecular flexibility index (Phi) is 6.01. The van der Waals surface area contributed by atoms with E-state index in [1.807, 2.05) is 47.4 Å². The van der Waals surface area contributed by atoms with E-state index >= 15 is 0 Å². The molecule has 2 unspecified atom stereocenters. The molecule has 2 aromatic rings. The van der Waals surface area contributed by atoms with Crippen molar-refractivity contribution in [1.29, 1.82) is 0 Å². The molecule has 0 spiro atoms. The van der Waals surface area contributed by atoms with Gasteiger partial charge in [-0.1, -0.05) is 41.9 Å². The molecule has 2 fully saturated rings. The minimum absolute atomic E-state index is 0.0527. The van der Waals surface area contributed by atoms with Crippen molar-refractivity contribution < 1.29 is 9.59 Å². The Morgan fingerprint density at radius 2 is 1.62 bits per heavy atom. The maximum atomic E-state index is 13.3. The third-order valence-corrected chi connectivity index (χ3v) is 7.09. The van der Waals surface area contributed by atoms with E-state index in [4.69, 9.17) is 11.6 Å². The highest BCUT2D eigenvalue weighted by Gasteiger charge is 2.42. The molecular weight excluding hydrogens is 406 g/mol. The number of halogens is 1. The van der Waals surface area contributed by atoms with Crippen LogP contribution < -0.4 is 4.90 Å². The van der Waals surface area contributed by atoms with Crippen LogP contribution >= 0.6 is 23.4 Å². The predicted molar refractivity (Wildman–Crippen MR) is 118 cm³/mol. The summed E-state index contributed by atoms with van der Waals surface area (Å²) in [5, 5.41) is 0.513. The highest BCUT2D eigenvalue weighted by Crippen LogP contribution is 2.42. The van der Waals surface area contributed by atoms with Crippen LogP contribution in [0.15, 0.2) is 54.6 Å². The van der Waals surface area contributed by atoms with Gasteiger partial charge in [0.1, 0.15) is 11.4 Å². The number of nitrogens with zero attached hydrogens (tertiary/aromatic N) is 3. The molecule has 0 aromatic heterocycles. The molecule has 2 atom stereocenters. The molecule has 0 N–H and O–H groups in total. The summed E-state index contributed by atoms with van der Waals surface area (Å²) in [6.45, 7) is 4.49. The van der Waals surface area contributed by atoms with Crippen LogP contribution in [0.2, 0.25) is 5.02 Å². The molecule has 2 amide bonds. The number of carbonyl (C=O) groups is 2. The van der Waals surface area contributed by atoms with Crippen molar-refractivity contribution in [1.82, 2.24) is 9.80 Å². The van der Waals surface area contributed by atoms with Gasteiger partial charge in [-0.25, -0.2) is 0 Å². The molecule has 7 heteroatoms. The molecule has 29 heavy (non-hydrogen) atoms. The average Bonchev–Trinajstić information content (AvgIpc) is 3.20. The molecule has 2 heterocycles. The van der Waals surface area contributed by atoms with Crippen molar-refractivity contribution in [2.24, 2.45) is 0 Å². The molecule has 152 valence electrons. The Bertz CT molecular complexity index is 869. The van der Waals surface area contributed by atoms with Gasteiger partial charge in [0, 0.05) is 49.6 Å². The summed E-state index contributed by atoms with van der Waals surface area (Å²) in [5.74, 6) is 0.595. The Labute approximate surface area is 180 Å². The fraction of sp³-hybridized carbons (Fsp3) is 0.364. The first-order chi connectivity index (χ1) is 14.0. The van der Waals surface area contributed by atoms with Gasteiger partial charge in [-0.05, 0) is 29.8 Å². The van der Waals surface area contributed by atoms with Crippen LogP contribution in [0.4, 0.5) is 5.69 Å². The number of thioether (sulfide) groups is 1. The van der Waals surface area contributed by atoms with Crippen molar-refractivity contribution >= 4 is 40.9 Å². The second-order valence-electron chi connectivity index (χ2n) is 7.33. The van der Waals surface area contributed by atoms with Gasteiger partial charge in [0.05, 0.1) is 0 Å². The summed E-state index contributed by atoms with van der Waals surface area (Å²) < 4.78 is 0. The lowest BCUT2D eigenvalue weighted by atomic mass is 10.1. The van der Waals surface area contributed by atoms with Crippen LogP contribution in [-0.2, 0) is 9.59 Å². The largest absolute Gasteiger partial charge is 0.368 e. The van der Waals surface area contributed by atoms with E-state index < -0.39 is 6.04 Å². The van der Waals surface area contributed by atoms with E-state index in [1.165, 1.54) is 5.69 Å². The SMILES string of the molecule is CC(=O)N1C(C(=O)N2CCN(c3ccccc3)CC2)CSC1c1ccc(Cl)cc1. The Morgan fingerprint density at radius 1 is 0.966 bits per heavy atom. The third-order valence-electron chi connectivity index (χ3n) is 5.52. The highest BCUT2D eigenvalue weighted by molar-refractivity contribution is 7.99. The van der Waals surface area contributed by atoms with Gasteiger partial charge in [0.2, 0.25) is 11.8 Å². The van der Waals surface area contributed by atoms with Crippen LogP contribution in [-0.4, -0.2) is 59.6 Å². The zero-order valence-corrected chi connectivity index (χ0v) is 17.9. The maximum absolute atomic E-state index is 13.3. The number of anilines is 1. The van der Waals surface area contributed by atoms with Gasteiger partial charge in [-0.15, -0.1) is 11.8 Å². The van der Waals surface area contributed by atoms with Crippen LogP contribution in [0.5, 0.6) is 0 Å². The molecule has 4 rings (SSSR count). The number of para-hydroxylation sites is 1. The first kappa shape index (κ1) is 20.1. The van der Waals surface area contributed by atoms with Crippen molar-refractivity contribution in [2.45, 2.75) is 18.3 Å². The Balaban J connectivity index is 1.44. The van der Waals surface area contributed by atoms with Crippen molar-refractivity contribution in [3.05, 3.63) is 65.2 Å². The minimum Gasteiger partial charge on any atom is -0.368 e. The number of hydrogen-bond donors (Lipinski definition) is 0. The molecule has 2 aromatic carbocycles. The van der Waals surface area contributed by atoms with Gasteiger partial charge < -0.3 is 14.7 Å². The second-order valence-corrected chi connectivity index (χ2v) is 8.88. The van der Waals surface area contributed by atoms with E-state index in [9.17, 15) is 9.59 Å². The smallest absolute Gasteiger partial charge is 0.246 e. The zero-order valence-electron chi connectivity index (χ0n) is 16.3. The lowest BCUT2D eigenvalue weighted by Gasteiger charge is -2.38. The summed E-state index contributed by atoms with van der Waals surface area (Å²) in [5.41, 5.74) is 2.18. The molecule has 0 bridgehead atoms. The van der Waals surface area contributed by atoms with Gasteiger partial charge in [-0.3, -0.25) is 9.59 Å². The Morgan fingerprint density at radius 3 is 2.24 bits per heavy atom. The van der Waals surface area contributed by atoms with Crippen molar-refractivity contribution in [3.63, 3.8) is 0 Å². The molecule has 2 aliphatic heterocycles. The lowest BCUT2D eigenvalue weighted by molar-refractivity contribution is -0.144. The fourth-order valence-corrected chi connectivity index (χ4v) is 5.60. The fourth-order valence-electron chi connectivity index (χ4n) is 4.00. The quantitative estimate of drug-likeness (QED) is 0.747. The van der Waals surface area contributed by atoms with Gasteiger partial charge in [-0.2, -0.15) is 0 Å². The molecule has 2 saturated heterocycles. The minimum atomic E-state index is -0.415. The number of amides is 2. The standard InChI is InChI=1S/C22H24ClN3O2S/c1-16(27)26-20(15-29-22(26)17-7-9-18(23)10-8-17)21(28)25-13-11-24(12-14-25)19-5-3-2-4-6-19/h2-10,20,22H,11-15H2,1H3. The maximum Gasteiger partial charge on any atom is 0.246 e. The van der Waals surface area contributed by atoms with E-state index in [0.29, 0.717) is 23.9 Å². The first-order valence-electron chi connectivity index (χ1n) is 9.79. The van der Waals surface area contributed by atoms with Gasteiger partial charge >= 0.3 is 0 Å². The topological polar surface area (TPSA) is 43.9 Å². The lowest BCUT2D eigenvalue weighted by Crippen LogP contribution is -2.55. The summed E-state index contributed by atoms with van der Waals surface area (Å²) >= 11 is 7.64. The van der Waals surface area contributed by atoms with Crippen molar-refractivity contribution in [3.8, 4) is 0 Å². The average molecular weight is 430 g/mol. The monoisotopic (exact) mass is 429 g/mol. The number of benzene rings is 2. The predicted octanol–water partition coefficient (Wildman–Crippen LogP) is 3.65. The van der Waals surface area contributed by atoms with Crippen LogP contribution in [0.3, 0.4) is 0 Å². The number of piperazine rings is 1. The van der Waals surface area contributed by atoms with Crippen LogP contribution in [0.1, 0.15) is 17.9 Å². The molecule has 2 aliphatic rings. The van der Waals surface area contributed by atoms with E-state index in [-0.39, 0.29) is 17.2 Å². The van der Waals surface area contributed by atoms with Crippen LogP contribution in [0, 0.1) is 0 Å². The number of hydrogen-bond acceptors (Lipinski definition) is 4. The van der Waals surface area contributed by atoms with Gasteiger partial charge in [0.25, 0.3) is 0 Å². The van der Waals surface area contributed by atoms with Gasteiger partial charge in [0.15, 0.2) is 0 Å². The highest BCUT2D eigenvalue weighted by atomic mass is 35.5. The van der Waals surface area contributed by atoms with E-state index in [2.05, 4.69) is 17.0 Å². The molecule has 5 nitrogen and oxygen atoms in total. The summed E-state index contributed by atoms with van der Waals surface area (Å²) in [7, 11) is 0. The number of carbonyl (C=O) groups excluding carboxylic acids is 2. The summed E-state index contributed by atoms with van der Waals surface area (Å²) in [6.07, 6.45) is 0. The van der Waals surface area contributed by atoms with Crippen molar-refractivity contribution in [2.75, 3.05) is 36.8 Å². The number of rotatable bonds is 3. The molecule has 0 aliphatic carbocycles. The third kappa shape index (κ3) is 4.23. The first-order valence-corrected chi connectivity index (χ1v) is 11.2. The summed E-state index contributed by atoms with van der Waals surface area (Å²) in [4.78, 5) is 31.6. The second kappa shape index (κ2) is 8.67. The Hall–Kier alpha value is -2.18. The normalized spacial score (nSPS) is 22.1. The molecular formula is C22H24ClN3O2S. The zero-order chi connectivity index (χ0) is 20.4. The van der Waals surface area contributed by atoms with E-state index in [1.54, 1.807) is 23.6 Å². The van der Waals surface area contributed by atoms with E-state index in [0.717, 1.165) is 18.7 Å².